The topological polar surface area (TPSA) is 237 Å². The van der Waals surface area contributed by atoms with Crippen molar-refractivity contribution in [3.8, 4) is 0 Å². The number of rotatable bonds is 70. The molecule has 0 aliphatic rings. The Morgan fingerprint density at radius 1 is 0.304 bits per heavy atom. The van der Waals surface area contributed by atoms with E-state index in [1.165, 1.54) is 161 Å². The fourth-order valence-corrected chi connectivity index (χ4v) is 12.6. The van der Waals surface area contributed by atoms with E-state index in [0.717, 1.165) is 114 Å². The van der Waals surface area contributed by atoms with Crippen molar-refractivity contribution in [1.82, 2.24) is 0 Å². The molecule has 0 amide bonds. The Hall–Kier alpha value is -1.94. The van der Waals surface area contributed by atoms with E-state index in [1.54, 1.807) is 0 Å². The van der Waals surface area contributed by atoms with Gasteiger partial charge in [0.25, 0.3) is 0 Å². The van der Waals surface area contributed by atoms with Crippen molar-refractivity contribution in [2.24, 2.45) is 23.7 Å². The number of hydrogen-bond acceptors (Lipinski definition) is 15. The van der Waals surface area contributed by atoms with Gasteiger partial charge < -0.3 is 33.8 Å². The number of esters is 4. The van der Waals surface area contributed by atoms with Gasteiger partial charge in [0, 0.05) is 25.7 Å². The van der Waals surface area contributed by atoms with Gasteiger partial charge in [0.05, 0.1) is 26.4 Å². The van der Waals surface area contributed by atoms with Gasteiger partial charge in [-0.3, -0.25) is 37.3 Å². The fourth-order valence-electron chi connectivity index (χ4n) is 11.0. The Labute approximate surface area is 562 Å². The van der Waals surface area contributed by atoms with Crippen molar-refractivity contribution in [3.63, 3.8) is 0 Å². The lowest BCUT2D eigenvalue weighted by Gasteiger charge is -2.21. The zero-order valence-corrected chi connectivity index (χ0v) is 62.0. The molecule has 6 atom stereocenters. The molecule has 0 aromatic heterocycles. The van der Waals surface area contributed by atoms with Gasteiger partial charge in [0.1, 0.15) is 19.3 Å². The molecule has 0 radical (unpaired) electrons. The Balaban J connectivity index is 5.26. The van der Waals surface area contributed by atoms with Crippen LogP contribution in [0.5, 0.6) is 0 Å². The van der Waals surface area contributed by atoms with Crippen LogP contribution in [0.3, 0.4) is 0 Å². The minimum Gasteiger partial charge on any atom is -0.462 e. The number of aliphatic hydroxyl groups is 1. The molecule has 0 aromatic carbocycles. The minimum absolute atomic E-state index is 0.104. The van der Waals surface area contributed by atoms with E-state index in [1.807, 2.05) is 0 Å². The van der Waals surface area contributed by atoms with Crippen LogP contribution >= 0.6 is 15.6 Å². The molecule has 0 rings (SSSR count). The molecule has 546 valence electrons. The smallest absolute Gasteiger partial charge is 0.462 e. The van der Waals surface area contributed by atoms with E-state index in [2.05, 4.69) is 55.4 Å². The summed E-state index contributed by atoms with van der Waals surface area (Å²) in [6, 6.07) is 0. The van der Waals surface area contributed by atoms with Crippen LogP contribution in [0.2, 0.25) is 0 Å². The molecule has 19 heteroatoms. The maximum absolute atomic E-state index is 13.1. The average molecular weight is 1350 g/mol. The van der Waals surface area contributed by atoms with E-state index in [4.69, 9.17) is 37.0 Å². The predicted molar refractivity (Wildman–Crippen MR) is 372 cm³/mol. The van der Waals surface area contributed by atoms with Crippen LogP contribution in [0.4, 0.5) is 0 Å². The number of aliphatic hydroxyl groups excluding tert-OH is 1. The zero-order chi connectivity index (χ0) is 68.2. The lowest BCUT2D eigenvalue weighted by molar-refractivity contribution is -0.161. The lowest BCUT2D eigenvalue weighted by atomic mass is 9.99. The third-order valence-electron chi connectivity index (χ3n) is 17.2. The molecule has 92 heavy (non-hydrogen) atoms. The molecule has 0 saturated heterocycles. The summed E-state index contributed by atoms with van der Waals surface area (Å²) in [5.41, 5.74) is 0. The van der Waals surface area contributed by atoms with Crippen LogP contribution in [0.15, 0.2) is 0 Å². The van der Waals surface area contributed by atoms with Gasteiger partial charge in [-0.05, 0) is 49.4 Å². The largest absolute Gasteiger partial charge is 0.472 e. The van der Waals surface area contributed by atoms with E-state index >= 15 is 0 Å². The second kappa shape index (κ2) is 62.6. The van der Waals surface area contributed by atoms with Gasteiger partial charge in [-0.1, -0.05) is 312 Å². The van der Waals surface area contributed by atoms with E-state index in [0.29, 0.717) is 31.6 Å². The summed E-state index contributed by atoms with van der Waals surface area (Å²) in [5.74, 6) is 0.906. The van der Waals surface area contributed by atoms with Gasteiger partial charge in [0.2, 0.25) is 0 Å². The van der Waals surface area contributed by atoms with E-state index in [-0.39, 0.29) is 25.7 Å². The number of phosphoric ester groups is 2. The molecule has 0 heterocycles. The number of carbonyl (C=O) groups excluding carboxylic acids is 4. The maximum atomic E-state index is 13.1. The molecule has 3 N–H and O–H groups in total. The first-order valence-electron chi connectivity index (χ1n) is 37.7. The highest BCUT2D eigenvalue weighted by atomic mass is 31.2. The monoisotopic (exact) mass is 1350 g/mol. The molecule has 0 aliphatic carbocycles. The summed E-state index contributed by atoms with van der Waals surface area (Å²) >= 11 is 0. The Kier molecular flexibility index (Phi) is 61.3. The summed E-state index contributed by atoms with van der Waals surface area (Å²) in [6.07, 6.45) is 45.8. The second-order valence-electron chi connectivity index (χ2n) is 28.0. The highest BCUT2D eigenvalue weighted by molar-refractivity contribution is 7.47. The Bertz CT molecular complexity index is 1820. The van der Waals surface area contributed by atoms with Crippen LogP contribution in [0.25, 0.3) is 0 Å². The highest BCUT2D eigenvalue weighted by Crippen LogP contribution is 2.45. The maximum Gasteiger partial charge on any atom is 0.472 e. The molecular formula is C73H142O17P2. The number of hydrogen-bond donors (Lipinski definition) is 3. The highest BCUT2D eigenvalue weighted by Gasteiger charge is 2.30. The molecule has 0 fully saturated rings. The standard InChI is InChI=1S/C73H142O17P2/c1-9-66(8)52-44-36-28-22-23-31-40-48-56-73(78)90-69(60-84-71(76)54-46-38-32-24-27-35-43-51-65(6)7)62-88-92(81,82)86-58-67(74)57-85-91(79,80)87-61-68(59-83-70(75)53-45-37-29-20-17-13-15-19-26-34-42-50-64(4)5)89-72(77)55-47-39-30-21-16-12-10-11-14-18-25-33-41-49-63(2)3/h63-69,74H,9-62H2,1-8H3,(H,79,80)(H,81,82)/t66?,67?,68-,69-/m1/s1. The van der Waals surface area contributed by atoms with Gasteiger partial charge in [-0.15, -0.1) is 0 Å². The van der Waals surface area contributed by atoms with Crippen molar-refractivity contribution in [2.45, 2.75) is 382 Å². The third kappa shape index (κ3) is 65.4. The second-order valence-corrected chi connectivity index (χ2v) is 30.9. The molecule has 0 spiro atoms. The van der Waals surface area contributed by atoms with Crippen molar-refractivity contribution in [3.05, 3.63) is 0 Å². The molecular weight excluding hydrogens is 1210 g/mol. The predicted octanol–water partition coefficient (Wildman–Crippen LogP) is 20.9. The van der Waals surface area contributed by atoms with Crippen molar-refractivity contribution < 1.29 is 80.2 Å². The molecule has 0 bridgehead atoms. The number of ether oxygens (including phenoxy) is 4. The van der Waals surface area contributed by atoms with Crippen LogP contribution in [-0.2, 0) is 65.4 Å². The van der Waals surface area contributed by atoms with Gasteiger partial charge in [-0.25, -0.2) is 9.13 Å². The normalized spacial score (nSPS) is 14.5. The number of phosphoric acid groups is 2. The first-order valence-corrected chi connectivity index (χ1v) is 40.7. The average Bonchev–Trinajstić information content (AvgIpc) is 2.34. The Morgan fingerprint density at radius 3 is 0.772 bits per heavy atom. The summed E-state index contributed by atoms with van der Waals surface area (Å²) < 4.78 is 68.4. The van der Waals surface area contributed by atoms with Crippen LogP contribution < -0.4 is 0 Å². The third-order valence-corrected chi connectivity index (χ3v) is 19.1. The molecule has 17 nitrogen and oxygen atoms in total. The minimum atomic E-state index is -4.96. The van der Waals surface area contributed by atoms with E-state index < -0.39 is 97.5 Å². The van der Waals surface area contributed by atoms with Crippen molar-refractivity contribution in [2.75, 3.05) is 39.6 Å². The quantitative estimate of drug-likeness (QED) is 0.0222. The molecule has 0 aromatic rings. The van der Waals surface area contributed by atoms with Gasteiger partial charge >= 0.3 is 39.5 Å². The van der Waals surface area contributed by atoms with Crippen LogP contribution in [-0.4, -0.2) is 96.7 Å². The van der Waals surface area contributed by atoms with Crippen molar-refractivity contribution in [1.29, 1.82) is 0 Å². The summed E-state index contributed by atoms with van der Waals surface area (Å²) in [4.78, 5) is 72.7. The first-order chi connectivity index (χ1) is 44.1. The molecule has 0 saturated carbocycles. The summed E-state index contributed by atoms with van der Waals surface area (Å²) in [5, 5.41) is 10.6. The molecule has 4 unspecified atom stereocenters. The van der Waals surface area contributed by atoms with Crippen molar-refractivity contribution >= 4 is 39.5 Å². The summed E-state index contributed by atoms with van der Waals surface area (Å²) in [6.45, 7) is 14.1. The summed E-state index contributed by atoms with van der Waals surface area (Å²) in [7, 11) is -9.91. The lowest BCUT2D eigenvalue weighted by Crippen LogP contribution is -2.30. The number of unbranched alkanes of at least 4 members (excludes halogenated alkanes) is 35. The van der Waals surface area contributed by atoms with E-state index in [9.17, 15) is 43.2 Å². The Morgan fingerprint density at radius 2 is 0.522 bits per heavy atom. The van der Waals surface area contributed by atoms with Gasteiger partial charge in [0.15, 0.2) is 12.2 Å². The fraction of sp³-hybridized carbons (Fsp3) is 0.945. The van der Waals surface area contributed by atoms with Crippen LogP contribution in [0, 0.1) is 23.7 Å². The first kappa shape index (κ1) is 90.1. The number of carbonyl (C=O) groups is 4. The molecule has 0 aliphatic heterocycles. The van der Waals surface area contributed by atoms with Gasteiger partial charge in [-0.2, -0.15) is 0 Å². The van der Waals surface area contributed by atoms with Crippen LogP contribution in [0.1, 0.15) is 364 Å². The SMILES string of the molecule is CCC(C)CCCCCCCCCCC(=O)O[C@H](COC(=O)CCCCCCCCCC(C)C)COP(=O)(O)OCC(O)COP(=O)(O)OC[C@@H](COC(=O)CCCCCCCCCCCCCC(C)C)OC(=O)CCCCCCCCCCCCCCCC(C)C. The zero-order valence-electron chi connectivity index (χ0n) is 60.2.